The highest BCUT2D eigenvalue weighted by Crippen LogP contribution is 2.19. The van der Waals surface area contributed by atoms with Gasteiger partial charge in [-0.1, -0.05) is 0 Å². The van der Waals surface area contributed by atoms with Gasteiger partial charge in [0.25, 0.3) is 0 Å². The summed E-state index contributed by atoms with van der Waals surface area (Å²) in [6, 6.07) is 7.50. The Bertz CT molecular complexity index is 545. The summed E-state index contributed by atoms with van der Waals surface area (Å²) in [5.41, 5.74) is 1.51. The lowest BCUT2D eigenvalue weighted by atomic mass is 10.1. The third kappa shape index (κ3) is 4.83. The third-order valence-electron chi connectivity index (χ3n) is 2.95. The second-order valence-electron chi connectivity index (χ2n) is 4.72. The number of sulfonamides is 1. The van der Waals surface area contributed by atoms with Crippen LogP contribution in [0.4, 0.5) is 11.4 Å². The summed E-state index contributed by atoms with van der Waals surface area (Å²) in [6.07, 6.45) is 2.95. The summed E-state index contributed by atoms with van der Waals surface area (Å²) in [5.74, 6) is 1.51. The van der Waals surface area contributed by atoms with Crippen molar-refractivity contribution in [3.63, 3.8) is 0 Å². The van der Waals surface area contributed by atoms with E-state index in [2.05, 4.69) is 10.0 Å². The molecule has 0 unspecified atom stereocenters. The molecule has 1 aromatic rings. The fourth-order valence-corrected chi connectivity index (χ4v) is 3.89. The van der Waals surface area contributed by atoms with Crippen LogP contribution in [0, 0.1) is 0 Å². The maximum absolute atomic E-state index is 11.3. The van der Waals surface area contributed by atoms with Gasteiger partial charge in [-0.25, -0.2) is 8.42 Å². The minimum absolute atomic E-state index is 0.353. The van der Waals surface area contributed by atoms with Crippen LogP contribution in [0.15, 0.2) is 24.3 Å². The second kappa shape index (κ2) is 5.92. The molecule has 1 aromatic carbocycles. The highest BCUT2D eigenvalue weighted by atomic mass is 32.2. The van der Waals surface area contributed by atoms with Crippen LogP contribution in [-0.4, -0.2) is 36.4 Å². The highest BCUT2D eigenvalue weighted by molar-refractivity contribution is 7.92. The molecular formula is C12H18N2O3S2. The molecule has 2 N–H and O–H groups in total. The summed E-state index contributed by atoms with van der Waals surface area (Å²) >= 11 is 0. The van der Waals surface area contributed by atoms with Gasteiger partial charge < -0.3 is 5.32 Å². The molecule has 0 radical (unpaired) electrons. The Morgan fingerprint density at radius 1 is 1.11 bits per heavy atom. The molecule has 0 aromatic heterocycles. The second-order valence-corrected chi connectivity index (χ2v) is 8.16. The van der Waals surface area contributed by atoms with Crippen molar-refractivity contribution in [2.45, 2.75) is 18.9 Å². The lowest BCUT2D eigenvalue weighted by molar-refractivity contribution is 0.607. The molecule has 1 heterocycles. The number of hydrogen-bond acceptors (Lipinski definition) is 4. The van der Waals surface area contributed by atoms with E-state index in [9.17, 15) is 12.6 Å². The first-order valence-electron chi connectivity index (χ1n) is 6.12. The molecule has 1 aliphatic rings. The zero-order valence-corrected chi connectivity index (χ0v) is 12.4. The molecule has 0 atom stereocenters. The molecular weight excluding hydrogens is 284 g/mol. The van der Waals surface area contributed by atoms with Crippen LogP contribution in [-0.2, 0) is 20.8 Å². The van der Waals surface area contributed by atoms with E-state index < -0.39 is 20.8 Å². The summed E-state index contributed by atoms with van der Waals surface area (Å²) in [6.45, 7) is 0. The van der Waals surface area contributed by atoms with E-state index in [1.807, 2.05) is 12.1 Å². The van der Waals surface area contributed by atoms with Gasteiger partial charge in [-0.3, -0.25) is 8.93 Å². The normalized spacial score (nSPS) is 23.8. The van der Waals surface area contributed by atoms with Crippen LogP contribution in [0.25, 0.3) is 0 Å². The SMILES string of the molecule is CS(=O)(=O)Nc1ccc(NC2CCS(=O)CC2)cc1. The van der Waals surface area contributed by atoms with Crippen molar-refractivity contribution in [2.24, 2.45) is 0 Å². The number of nitrogens with one attached hydrogen (secondary N) is 2. The van der Waals surface area contributed by atoms with Crippen LogP contribution in [0.5, 0.6) is 0 Å². The van der Waals surface area contributed by atoms with Crippen molar-refractivity contribution in [2.75, 3.05) is 27.8 Å². The van der Waals surface area contributed by atoms with Gasteiger partial charge in [0.1, 0.15) is 0 Å². The molecule has 1 saturated heterocycles. The first kappa shape index (κ1) is 14.3. The molecule has 0 aliphatic carbocycles. The van der Waals surface area contributed by atoms with Crippen molar-refractivity contribution in [1.29, 1.82) is 0 Å². The zero-order valence-electron chi connectivity index (χ0n) is 10.8. The van der Waals surface area contributed by atoms with E-state index >= 15 is 0 Å². The quantitative estimate of drug-likeness (QED) is 0.881. The molecule has 0 amide bonds. The molecule has 0 spiro atoms. The monoisotopic (exact) mass is 302 g/mol. The fraction of sp³-hybridized carbons (Fsp3) is 0.500. The Morgan fingerprint density at radius 2 is 1.63 bits per heavy atom. The number of benzene rings is 1. The van der Waals surface area contributed by atoms with Crippen molar-refractivity contribution < 1.29 is 12.6 Å². The summed E-state index contributed by atoms with van der Waals surface area (Å²) in [4.78, 5) is 0. The van der Waals surface area contributed by atoms with E-state index in [0.29, 0.717) is 11.7 Å². The van der Waals surface area contributed by atoms with Gasteiger partial charge in [0, 0.05) is 39.7 Å². The minimum atomic E-state index is -3.23. The minimum Gasteiger partial charge on any atom is -0.382 e. The van der Waals surface area contributed by atoms with Crippen LogP contribution < -0.4 is 10.0 Å². The van der Waals surface area contributed by atoms with Crippen LogP contribution in [0.3, 0.4) is 0 Å². The van der Waals surface area contributed by atoms with Crippen molar-refractivity contribution in [3.8, 4) is 0 Å². The van der Waals surface area contributed by atoms with Gasteiger partial charge in [0.05, 0.1) is 6.26 Å². The Hall–Kier alpha value is -1.08. The maximum atomic E-state index is 11.3. The first-order valence-corrected chi connectivity index (χ1v) is 9.50. The van der Waals surface area contributed by atoms with E-state index in [1.54, 1.807) is 12.1 Å². The van der Waals surface area contributed by atoms with Crippen LogP contribution in [0.1, 0.15) is 12.8 Å². The predicted molar refractivity (Wildman–Crippen MR) is 79.4 cm³/mol. The van der Waals surface area contributed by atoms with Gasteiger partial charge in [0.15, 0.2) is 0 Å². The Morgan fingerprint density at radius 3 is 2.16 bits per heavy atom. The van der Waals surface area contributed by atoms with Gasteiger partial charge >= 0.3 is 0 Å². The molecule has 7 heteroatoms. The number of anilines is 2. The lowest BCUT2D eigenvalue weighted by Gasteiger charge is -2.23. The van der Waals surface area contributed by atoms with Crippen molar-refractivity contribution in [3.05, 3.63) is 24.3 Å². The van der Waals surface area contributed by atoms with E-state index in [4.69, 9.17) is 0 Å². The molecule has 5 nitrogen and oxygen atoms in total. The zero-order chi connectivity index (χ0) is 13.9. The molecule has 1 aliphatic heterocycles. The fourth-order valence-electron chi connectivity index (χ4n) is 2.02. The van der Waals surface area contributed by atoms with Crippen LogP contribution in [0.2, 0.25) is 0 Å². The molecule has 106 valence electrons. The first-order chi connectivity index (χ1) is 8.92. The molecule has 0 saturated carbocycles. The molecule has 19 heavy (non-hydrogen) atoms. The van der Waals surface area contributed by atoms with E-state index in [1.165, 1.54) is 0 Å². The third-order valence-corrected chi connectivity index (χ3v) is 4.94. The van der Waals surface area contributed by atoms with Crippen molar-refractivity contribution >= 4 is 32.2 Å². The van der Waals surface area contributed by atoms with Crippen molar-refractivity contribution in [1.82, 2.24) is 0 Å². The average Bonchev–Trinajstić information content (AvgIpc) is 2.33. The number of rotatable bonds is 4. The summed E-state index contributed by atoms with van der Waals surface area (Å²) in [5, 5.41) is 3.38. The smallest absolute Gasteiger partial charge is 0.229 e. The Kier molecular flexibility index (Phi) is 4.46. The summed E-state index contributed by atoms with van der Waals surface area (Å²) in [7, 11) is -3.88. The van der Waals surface area contributed by atoms with E-state index in [-0.39, 0.29) is 0 Å². The summed E-state index contributed by atoms with van der Waals surface area (Å²) < 4.78 is 35.8. The van der Waals surface area contributed by atoms with Gasteiger partial charge in [-0.05, 0) is 37.1 Å². The van der Waals surface area contributed by atoms with Gasteiger partial charge in [-0.2, -0.15) is 0 Å². The highest BCUT2D eigenvalue weighted by Gasteiger charge is 2.17. The maximum Gasteiger partial charge on any atom is 0.229 e. The Labute approximate surface area is 116 Å². The van der Waals surface area contributed by atoms with Gasteiger partial charge in [-0.15, -0.1) is 0 Å². The molecule has 2 rings (SSSR count). The Balaban J connectivity index is 1.93. The molecule has 1 fully saturated rings. The largest absolute Gasteiger partial charge is 0.382 e. The average molecular weight is 302 g/mol. The topological polar surface area (TPSA) is 75.3 Å². The van der Waals surface area contributed by atoms with Gasteiger partial charge in [0.2, 0.25) is 10.0 Å². The standard InChI is InChI=1S/C12H18N2O3S2/c1-19(16,17)14-12-4-2-10(3-5-12)13-11-6-8-18(15)9-7-11/h2-5,11,13-14H,6-9H2,1H3. The lowest BCUT2D eigenvalue weighted by Crippen LogP contribution is -2.29. The number of hydrogen-bond donors (Lipinski definition) is 2. The molecule has 0 bridgehead atoms. The van der Waals surface area contributed by atoms with E-state index in [0.717, 1.165) is 36.3 Å². The predicted octanol–water partition coefficient (Wildman–Crippen LogP) is 1.38. The van der Waals surface area contributed by atoms with Crippen LogP contribution >= 0.6 is 0 Å².